The van der Waals surface area contributed by atoms with Gasteiger partial charge in [-0.05, 0) is 24.3 Å². The Morgan fingerprint density at radius 1 is 1.13 bits per heavy atom. The van der Waals surface area contributed by atoms with Crippen molar-refractivity contribution in [3.8, 4) is 0 Å². The van der Waals surface area contributed by atoms with Crippen molar-refractivity contribution in [3.05, 3.63) is 67.1 Å². The zero-order chi connectivity index (χ0) is 17.1. The topological polar surface area (TPSA) is 112 Å². The first kappa shape index (κ1) is 16.9. The van der Waals surface area contributed by atoms with Crippen molar-refractivity contribution in [3.63, 3.8) is 0 Å². The number of rotatable bonds is 4. The fraction of sp³-hybridized carbons (Fsp3) is 0. The SMILES string of the molecule is O=C(Nc1ccc(Br)cc1C(=O)[O-])c1cc([N+](=O)[O-])ccc1Cl. The van der Waals surface area contributed by atoms with E-state index in [1.165, 1.54) is 24.3 Å². The molecule has 0 aliphatic carbocycles. The molecule has 23 heavy (non-hydrogen) atoms. The number of benzene rings is 2. The van der Waals surface area contributed by atoms with Crippen molar-refractivity contribution in [2.75, 3.05) is 5.32 Å². The molecule has 0 aromatic heterocycles. The van der Waals surface area contributed by atoms with Crippen LogP contribution in [0.4, 0.5) is 11.4 Å². The second kappa shape index (κ2) is 6.76. The van der Waals surface area contributed by atoms with Crippen molar-refractivity contribution >= 4 is 50.8 Å². The van der Waals surface area contributed by atoms with E-state index in [0.29, 0.717) is 4.47 Å². The molecule has 118 valence electrons. The Bertz CT molecular complexity index is 825. The van der Waals surface area contributed by atoms with Crippen molar-refractivity contribution in [1.82, 2.24) is 0 Å². The highest BCUT2D eigenvalue weighted by Crippen LogP contribution is 2.25. The summed E-state index contributed by atoms with van der Waals surface area (Å²) >= 11 is 8.98. The molecule has 0 spiro atoms. The summed E-state index contributed by atoms with van der Waals surface area (Å²) in [7, 11) is 0. The van der Waals surface area contributed by atoms with Crippen LogP contribution in [0.25, 0.3) is 0 Å². The summed E-state index contributed by atoms with van der Waals surface area (Å²) in [6.45, 7) is 0. The molecule has 2 aromatic rings. The summed E-state index contributed by atoms with van der Waals surface area (Å²) in [6, 6.07) is 7.53. The lowest BCUT2D eigenvalue weighted by Crippen LogP contribution is -2.25. The molecule has 1 N–H and O–H groups in total. The highest BCUT2D eigenvalue weighted by molar-refractivity contribution is 9.10. The van der Waals surface area contributed by atoms with Crippen LogP contribution in [0.15, 0.2) is 40.9 Å². The molecule has 1 amide bonds. The molecule has 0 radical (unpaired) electrons. The number of nitrogens with zero attached hydrogens (tertiary/aromatic N) is 1. The third kappa shape index (κ3) is 3.85. The second-order valence-electron chi connectivity index (χ2n) is 4.35. The summed E-state index contributed by atoms with van der Waals surface area (Å²) in [5.74, 6) is -2.25. The van der Waals surface area contributed by atoms with E-state index in [4.69, 9.17) is 11.6 Å². The lowest BCUT2D eigenvalue weighted by atomic mass is 10.1. The van der Waals surface area contributed by atoms with Gasteiger partial charge in [0.2, 0.25) is 0 Å². The molecule has 0 bridgehead atoms. The molecular weight excluding hydrogens is 392 g/mol. The highest BCUT2D eigenvalue weighted by Gasteiger charge is 2.17. The minimum Gasteiger partial charge on any atom is -0.545 e. The lowest BCUT2D eigenvalue weighted by molar-refractivity contribution is -0.384. The van der Waals surface area contributed by atoms with E-state index < -0.39 is 16.8 Å². The van der Waals surface area contributed by atoms with Crippen LogP contribution in [0, 0.1) is 10.1 Å². The van der Waals surface area contributed by atoms with Gasteiger partial charge < -0.3 is 15.2 Å². The minimum atomic E-state index is -1.48. The van der Waals surface area contributed by atoms with Gasteiger partial charge in [0.1, 0.15) is 0 Å². The summed E-state index contributed by atoms with van der Waals surface area (Å²) < 4.78 is 0.489. The molecule has 0 fully saturated rings. The summed E-state index contributed by atoms with van der Waals surface area (Å²) in [5, 5.41) is 24.2. The number of aromatic carboxylic acids is 1. The maximum Gasteiger partial charge on any atom is 0.270 e. The fourth-order valence-electron chi connectivity index (χ4n) is 1.78. The molecule has 2 rings (SSSR count). The first-order chi connectivity index (χ1) is 10.8. The Morgan fingerprint density at radius 2 is 1.83 bits per heavy atom. The zero-order valence-electron chi connectivity index (χ0n) is 11.2. The predicted octanol–water partition coefficient (Wildman–Crippen LogP) is 2.63. The van der Waals surface area contributed by atoms with Crippen LogP contribution in [0.5, 0.6) is 0 Å². The largest absolute Gasteiger partial charge is 0.545 e. The maximum atomic E-state index is 12.2. The van der Waals surface area contributed by atoms with Crippen molar-refractivity contribution in [2.45, 2.75) is 0 Å². The minimum absolute atomic E-state index is 0.000196. The number of halogens is 2. The molecule has 2 aromatic carbocycles. The van der Waals surface area contributed by atoms with Gasteiger partial charge in [-0.1, -0.05) is 27.5 Å². The quantitative estimate of drug-likeness (QED) is 0.628. The monoisotopic (exact) mass is 397 g/mol. The normalized spacial score (nSPS) is 10.2. The Morgan fingerprint density at radius 3 is 2.43 bits per heavy atom. The smallest absolute Gasteiger partial charge is 0.270 e. The van der Waals surface area contributed by atoms with Crippen molar-refractivity contribution < 1.29 is 19.6 Å². The highest BCUT2D eigenvalue weighted by atomic mass is 79.9. The molecular formula is C14H7BrClN2O5-. The van der Waals surface area contributed by atoms with Crippen LogP contribution >= 0.6 is 27.5 Å². The van der Waals surface area contributed by atoms with Crippen molar-refractivity contribution in [1.29, 1.82) is 0 Å². The van der Waals surface area contributed by atoms with E-state index in [1.807, 2.05) is 0 Å². The molecule has 0 saturated heterocycles. The van der Waals surface area contributed by atoms with Gasteiger partial charge in [-0.15, -0.1) is 0 Å². The number of amides is 1. The molecule has 0 aliphatic heterocycles. The standard InChI is InChI=1S/C14H8BrClN2O5/c15-7-1-4-12(10(5-7)14(20)21)17-13(19)9-6-8(18(22)23)2-3-11(9)16/h1-6H,(H,17,19)(H,20,21)/p-1. The van der Waals surface area contributed by atoms with Gasteiger partial charge in [-0.2, -0.15) is 0 Å². The number of hydrogen-bond acceptors (Lipinski definition) is 5. The maximum absolute atomic E-state index is 12.2. The molecule has 0 unspecified atom stereocenters. The molecule has 0 atom stereocenters. The number of nitrogens with one attached hydrogen (secondary N) is 1. The molecule has 0 saturated carbocycles. The number of carboxylic acids is 1. The van der Waals surface area contributed by atoms with E-state index in [2.05, 4.69) is 21.2 Å². The van der Waals surface area contributed by atoms with Crippen LogP contribution in [0.1, 0.15) is 20.7 Å². The first-order valence-electron chi connectivity index (χ1n) is 6.06. The van der Waals surface area contributed by atoms with E-state index in [-0.39, 0.29) is 27.5 Å². The number of carbonyl (C=O) groups excluding carboxylic acids is 2. The third-order valence-electron chi connectivity index (χ3n) is 2.86. The second-order valence-corrected chi connectivity index (χ2v) is 5.68. The number of non-ortho nitro benzene ring substituents is 1. The third-order valence-corrected chi connectivity index (χ3v) is 3.68. The molecule has 7 nitrogen and oxygen atoms in total. The fourth-order valence-corrected chi connectivity index (χ4v) is 2.35. The van der Waals surface area contributed by atoms with Crippen LogP contribution in [-0.4, -0.2) is 16.8 Å². The van der Waals surface area contributed by atoms with Gasteiger partial charge in [-0.3, -0.25) is 14.9 Å². The Kier molecular flexibility index (Phi) is 4.97. The van der Waals surface area contributed by atoms with Crippen LogP contribution < -0.4 is 10.4 Å². The Hall–Kier alpha value is -2.45. The summed E-state index contributed by atoms with van der Waals surface area (Å²) in [5.41, 5.74) is -0.710. The Balaban J connectivity index is 2.39. The zero-order valence-corrected chi connectivity index (χ0v) is 13.6. The van der Waals surface area contributed by atoms with Gasteiger partial charge in [0.15, 0.2) is 0 Å². The molecule has 9 heteroatoms. The number of anilines is 1. The Labute approximate surface area is 143 Å². The lowest BCUT2D eigenvalue weighted by Gasteiger charge is -2.13. The number of nitro groups is 1. The average molecular weight is 399 g/mol. The molecule has 0 aliphatic rings. The van der Waals surface area contributed by atoms with Gasteiger partial charge >= 0.3 is 0 Å². The van der Waals surface area contributed by atoms with Crippen LogP contribution in [0.2, 0.25) is 5.02 Å². The van der Waals surface area contributed by atoms with Gasteiger partial charge in [-0.25, -0.2) is 0 Å². The van der Waals surface area contributed by atoms with Gasteiger partial charge in [0, 0.05) is 22.2 Å². The van der Waals surface area contributed by atoms with E-state index in [9.17, 15) is 24.8 Å². The number of nitro benzene ring substituents is 1. The van der Waals surface area contributed by atoms with Crippen molar-refractivity contribution in [2.24, 2.45) is 0 Å². The molecule has 0 heterocycles. The number of carbonyl (C=O) groups is 2. The number of hydrogen-bond donors (Lipinski definition) is 1. The van der Waals surface area contributed by atoms with E-state index in [1.54, 1.807) is 0 Å². The first-order valence-corrected chi connectivity index (χ1v) is 7.23. The predicted molar refractivity (Wildman–Crippen MR) is 84.5 cm³/mol. The van der Waals surface area contributed by atoms with E-state index >= 15 is 0 Å². The summed E-state index contributed by atoms with van der Waals surface area (Å²) in [6.07, 6.45) is 0. The van der Waals surface area contributed by atoms with Crippen LogP contribution in [-0.2, 0) is 0 Å². The average Bonchev–Trinajstić information content (AvgIpc) is 2.48. The van der Waals surface area contributed by atoms with E-state index in [0.717, 1.165) is 12.1 Å². The van der Waals surface area contributed by atoms with Gasteiger partial charge in [0.25, 0.3) is 11.6 Å². The van der Waals surface area contributed by atoms with Gasteiger partial charge in [0.05, 0.1) is 27.2 Å². The van der Waals surface area contributed by atoms with Crippen LogP contribution in [0.3, 0.4) is 0 Å². The summed E-state index contributed by atoms with van der Waals surface area (Å²) in [4.78, 5) is 33.4. The number of carboxylic acid groups (broad SMARTS) is 1.